The van der Waals surface area contributed by atoms with Crippen molar-refractivity contribution in [2.75, 3.05) is 5.32 Å². The summed E-state index contributed by atoms with van der Waals surface area (Å²) in [6, 6.07) is 17.9. The molecule has 0 aliphatic rings. The fourth-order valence-corrected chi connectivity index (χ4v) is 2.97. The van der Waals surface area contributed by atoms with Crippen molar-refractivity contribution in [3.05, 3.63) is 77.4 Å². The van der Waals surface area contributed by atoms with Crippen LogP contribution in [0, 0.1) is 0 Å². The molecule has 0 atom stereocenters. The molecular formula is C22H16ClN5O4. The number of hydrogen-bond donors (Lipinski definition) is 2. The Labute approximate surface area is 187 Å². The maximum atomic E-state index is 11.3. The predicted molar refractivity (Wildman–Crippen MR) is 118 cm³/mol. The van der Waals surface area contributed by atoms with Gasteiger partial charge < -0.3 is 20.5 Å². The third-order valence-electron chi connectivity index (χ3n) is 4.33. The Morgan fingerprint density at radius 3 is 2.50 bits per heavy atom. The van der Waals surface area contributed by atoms with Crippen LogP contribution in [-0.4, -0.2) is 27.1 Å². The Bertz CT molecular complexity index is 1300. The molecule has 160 valence electrons. The van der Waals surface area contributed by atoms with Gasteiger partial charge in [0.25, 0.3) is 0 Å². The summed E-state index contributed by atoms with van der Waals surface area (Å²) in [7, 11) is 0. The molecule has 0 fully saturated rings. The first-order chi connectivity index (χ1) is 15.5. The number of nitrogens with two attached hydrogens (primary N) is 1. The number of nitrogens with one attached hydrogen (secondary N) is 1. The van der Waals surface area contributed by atoms with Crippen molar-refractivity contribution >= 4 is 45.8 Å². The van der Waals surface area contributed by atoms with Gasteiger partial charge in [-0.25, -0.2) is 9.78 Å². The van der Waals surface area contributed by atoms with Gasteiger partial charge in [0, 0.05) is 33.7 Å². The molecule has 1 amide bonds. The van der Waals surface area contributed by atoms with Gasteiger partial charge in [-0.2, -0.15) is 0 Å². The molecule has 0 radical (unpaired) electrons. The Morgan fingerprint density at radius 1 is 1.00 bits per heavy atom. The van der Waals surface area contributed by atoms with Crippen LogP contribution < -0.4 is 20.5 Å². The highest BCUT2D eigenvalue weighted by Gasteiger charge is 2.14. The summed E-state index contributed by atoms with van der Waals surface area (Å²) in [6.45, 7) is 0.103. The van der Waals surface area contributed by atoms with Crippen LogP contribution in [0.1, 0.15) is 5.56 Å². The van der Waals surface area contributed by atoms with E-state index in [0.29, 0.717) is 22.3 Å². The van der Waals surface area contributed by atoms with Gasteiger partial charge in [0.15, 0.2) is 5.82 Å². The van der Waals surface area contributed by atoms with Gasteiger partial charge >= 0.3 is 11.9 Å². The summed E-state index contributed by atoms with van der Waals surface area (Å²) in [5.74, 6) is -1.57. The number of esters is 1. The molecular weight excluding hydrogens is 434 g/mol. The minimum absolute atomic E-state index is 0.0617. The first-order valence-electron chi connectivity index (χ1n) is 9.37. The van der Waals surface area contributed by atoms with Crippen molar-refractivity contribution in [3.8, 4) is 11.8 Å². The van der Waals surface area contributed by atoms with Crippen LogP contribution >= 0.6 is 11.6 Å². The van der Waals surface area contributed by atoms with E-state index in [1.54, 1.807) is 18.2 Å². The van der Waals surface area contributed by atoms with Crippen molar-refractivity contribution in [2.24, 2.45) is 5.73 Å². The zero-order valence-corrected chi connectivity index (χ0v) is 17.2. The van der Waals surface area contributed by atoms with Crippen LogP contribution in [0.25, 0.3) is 10.8 Å². The summed E-state index contributed by atoms with van der Waals surface area (Å²) in [4.78, 5) is 26.1. The number of amides is 1. The number of carbonyl (C=O) groups excluding carboxylic acids is 2. The van der Waals surface area contributed by atoms with Gasteiger partial charge in [0.05, 0.1) is 0 Å². The number of carbonyl (C=O) groups is 2. The number of pyridine rings is 1. The van der Waals surface area contributed by atoms with Crippen LogP contribution in [0.5, 0.6) is 11.8 Å². The number of halogens is 1. The molecule has 0 saturated carbocycles. The second-order valence-electron chi connectivity index (χ2n) is 6.58. The summed E-state index contributed by atoms with van der Waals surface area (Å²) in [5, 5.41) is 13.9. The number of nitrogens with zero attached hydrogens (tertiary/aromatic N) is 3. The van der Waals surface area contributed by atoms with Gasteiger partial charge in [-0.3, -0.25) is 4.79 Å². The molecule has 4 rings (SSSR count). The number of rotatable bonds is 6. The van der Waals surface area contributed by atoms with E-state index in [2.05, 4.69) is 20.5 Å². The van der Waals surface area contributed by atoms with E-state index in [4.69, 9.17) is 26.8 Å². The van der Waals surface area contributed by atoms with Crippen molar-refractivity contribution in [1.82, 2.24) is 15.2 Å². The van der Waals surface area contributed by atoms with Gasteiger partial charge in [0.1, 0.15) is 6.61 Å². The van der Waals surface area contributed by atoms with Gasteiger partial charge in [-0.1, -0.05) is 29.8 Å². The molecule has 32 heavy (non-hydrogen) atoms. The molecule has 2 aromatic carbocycles. The molecule has 2 heterocycles. The minimum atomic E-state index is -1.21. The van der Waals surface area contributed by atoms with Crippen molar-refractivity contribution in [1.29, 1.82) is 0 Å². The zero-order valence-electron chi connectivity index (χ0n) is 16.5. The van der Waals surface area contributed by atoms with Crippen LogP contribution in [-0.2, 0) is 16.2 Å². The van der Waals surface area contributed by atoms with Crippen molar-refractivity contribution in [2.45, 2.75) is 6.61 Å². The largest absolute Gasteiger partial charge is 0.471 e. The Hall–Kier alpha value is -4.24. The SMILES string of the molecule is NC(=O)C(=O)Oc1cc(COc2nnc(Nc3ccc(Cl)cc3)c3ccccc23)ccn1. The molecule has 0 unspecified atom stereocenters. The fourth-order valence-electron chi connectivity index (χ4n) is 2.84. The average Bonchev–Trinajstić information content (AvgIpc) is 2.80. The molecule has 9 nitrogen and oxygen atoms in total. The maximum absolute atomic E-state index is 11.3. The Kier molecular flexibility index (Phi) is 6.09. The molecule has 0 saturated heterocycles. The number of aromatic nitrogens is 3. The van der Waals surface area contributed by atoms with Gasteiger partial charge in [-0.05, 0) is 42.0 Å². The fraction of sp³-hybridized carbons (Fsp3) is 0.0455. The van der Waals surface area contributed by atoms with E-state index in [1.165, 1.54) is 12.3 Å². The lowest BCUT2D eigenvalue weighted by molar-refractivity contribution is -0.146. The lowest BCUT2D eigenvalue weighted by Gasteiger charge is -2.12. The summed E-state index contributed by atoms with van der Waals surface area (Å²) in [6.07, 6.45) is 1.42. The number of fused-ring (bicyclic) bond motifs is 1. The standard InChI is InChI=1S/C22H16ClN5O4/c23-14-5-7-15(8-6-14)26-20-16-3-1-2-4-17(16)21(28-27-20)31-12-13-9-10-25-18(11-13)32-22(30)19(24)29/h1-11H,12H2,(H2,24,29)(H,26,27). The molecule has 0 aliphatic carbocycles. The molecule has 0 spiro atoms. The summed E-state index contributed by atoms with van der Waals surface area (Å²) < 4.78 is 10.6. The minimum Gasteiger partial charge on any atom is -0.471 e. The van der Waals surface area contributed by atoms with Crippen LogP contribution in [0.4, 0.5) is 11.5 Å². The van der Waals surface area contributed by atoms with E-state index < -0.39 is 11.9 Å². The number of anilines is 2. The quantitative estimate of drug-likeness (QED) is 0.338. The number of ether oxygens (including phenoxy) is 2. The molecule has 2 aromatic heterocycles. The van der Waals surface area contributed by atoms with Crippen LogP contribution in [0.3, 0.4) is 0 Å². The smallest absolute Gasteiger partial charge is 0.403 e. The number of hydrogen-bond acceptors (Lipinski definition) is 8. The summed E-state index contributed by atoms with van der Waals surface area (Å²) >= 11 is 5.94. The highest BCUT2D eigenvalue weighted by molar-refractivity contribution is 6.32. The second kappa shape index (κ2) is 9.27. The molecule has 0 aliphatic heterocycles. The highest BCUT2D eigenvalue weighted by Crippen LogP contribution is 2.30. The lowest BCUT2D eigenvalue weighted by Crippen LogP contribution is -2.28. The van der Waals surface area contributed by atoms with Crippen LogP contribution in [0.2, 0.25) is 5.02 Å². The van der Waals surface area contributed by atoms with Crippen LogP contribution in [0.15, 0.2) is 66.9 Å². The van der Waals surface area contributed by atoms with E-state index in [0.717, 1.165) is 16.5 Å². The van der Waals surface area contributed by atoms with E-state index in [9.17, 15) is 9.59 Å². The summed E-state index contributed by atoms with van der Waals surface area (Å²) in [5.41, 5.74) is 6.34. The first-order valence-corrected chi connectivity index (χ1v) is 9.75. The zero-order chi connectivity index (χ0) is 22.5. The van der Waals surface area contributed by atoms with Crippen molar-refractivity contribution < 1.29 is 19.1 Å². The Balaban J connectivity index is 1.54. The molecule has 10 heteroatoms. The third kappa shape index (κ3) is 4.90. The molecule has 0 bridgehead atoms. The third-order valence-corrected chi connectivity index (χ3v) is 4.59. The van der Waals surface area contributed by atoms with Gasteiger partial charge in [-0.15, -0.1) is 10.2 Å². The van der Waals surface area contributed by atoms with Gasteiger partial charge in [0.2, 0.25) is 11.8 Å². The molecule has 4 aromatic rings. The predicted octanol–water partition coefficient (Wildman–Crippen LogP) is 3.39. The lowest BCUT2D eigenvalue weighted by atomic mass is 10.2. The monoisotopic (exact) mass is 449 g/mol. The topological polar surface area (TPSA) is 129 Å². The average molecular weight is 450 g/mol. The maximum Gasteiger partial charge on any atom is 0.403 e. The first kappa shape index (κ1) is 21.0. The van der Waals surface area contributed by atoms with E-state index in [-0.39, 0.29) is 12.5 Å². The van der Waals surface area contributed by atoms with E-state index >= 15 is 0 Å². The highest BCUT2D eigenvalue weighted by atomic mass is 35.5. The van der Waals surface area contributed by atoms with E-state index in [1.807, 2.05) is 36.4 Å². The van der Waals surface area contributed by atoms with Crippen molar-refractivity contribution in [3.63, 3.8) is 0 Å². The number of primary amides is 1. The second-order valence-corrected chi connectivity index (χ2v) is 7.01. The molecule has 3 N–H and O–H groups in total. The number of benzene rings is 2. The normalized spacial score (nSPS) is 10.5. The Morgan fingerprint density at radius 2 is 1.75 bits per heavy atom.